The van der Waals surface area contributed by atoms with Gasteiger partial charge in [0, 0.05) is 25.2 Å². The molecule has 5 nitrogen and oxygen atoms in total. The quantitative estimate of drug-likeness (QED) is 0.711. The average molecular weight is 427 g/mol. The van der Waals surface area contributed by atoms with Crippen molar-refractivity contribution < 1.29 is 13.2 Å². The van der Waals surface area contributed by atoms with E-state index in [1.54, 1.807) is 35.6 Å². The van der Waals surface area contributed by atoms with E-state index in [4.69, 9.17) is 0 Å². The molecule has 2 fully saturated rings. The van der Waals surface area contributed by atoms with Gasteiger partial charge in [-0.3, -0.25) is 4.79 Å². The zero-order chi connectivity index (χ0) is 21.1. The molecule has 0 radical (unpaired) electrons. The van der Waals surface area contributed by atoms with Crippen molar-refractivity contribution in [1.82, 2.24) is 9.62 Å². The molecule has 30 heavy (non-hydrogen) atoms. The molecule has 0 saturated heterocycles. The normalized spacial score (nSPS) is 17.8. The number of sulfonamides is 1. The van der Waals surface area contributed by atoms with E-state index in [2.05, 4.69) is 5.32 Å². The number of hydrogen-bond donors (Lipinski definition) is 1. The number of amides is 1. The van der Waals surface area contributed by atoms with Gasteiger partial charge in [-0.15, -0.1) is 0 Å². The first-order valence-corrected chi connectivity index (χ1v) is 12.4. The zero-order valence-corrected chi connectivity index (χ0v) is 18.3. The number of benzene rings is 2. The highest BCUT2D eigenvalue weighted by Crippen LogP contribution is 2.36. The van der Waals surface area contributed by atoms with Crippen molar-refractivity contribution in [3.05, 3.63) is 65.2 Å². The number of hydrogen-bond acceptors (Lipinski definition) is 3. The predicted molar refractivity (Wildman–Crippen MR) is 118 cm³/mol. The Morgan fingerprint density at radius 3 is 2.13 bits per heavy atom. The molecule has 0 aromatic heterocycles. The van der Waals surface area contributed by atoms with E-state index in [-0.39, 0.29) is 11.9 Å². The Morgan fingerprint density at radius 1 is 0.933 bits per heavy atom. The smallest absolute Gasteiger partial charge is 0.251 e. The van der Waals surface area contributed by atoms with Crippen molar-refractivity contribution in [2.24, 2.45) is 0 Å². The summed E-state index contributed by atoms with van der Waals surface area (Å²) in [5.74, 6) is 0.417. The molecule has 0 unspecified atom stereocenters. The molecule has 1 N–H and O–H groups in total. The molecule has 0 spiro atoms. The topological polar surface area (TPSA) is 66.5 Å². The molecule has 2 aromatic carbocycles. The summed E-state index contributed by atoms with van der Waals surface area (Å²) in [4.78, 5) is 12.1. The minimum Gasteiger partial charge on any atom is -0.355 e. The van der Waals surface area contributed by atoms with Gasteiger partial charge in [0.1, 0.15) is 0 Å². The van der Waals surface area contributed by atoms with Crippen molar-refractivity contribution in [2.75, 3.05) is 7.05 Å². The molecule has 6 heteroatoms. The monoisotopic (exact) mass is 426 g/mol. The molecular weight excluding hydrogens is 396 g/mol. The summed E-state index contributed by atoms with van der Waals surface area (Å²) in [5.41, 5.74) is 2.72. The summed E-state index contributed by atoms with van der Waals surface area (Å²) in [6.45, 7) is 0.325. The number of carbonyl (C=O) groups excluding carboxylic acids is 1. The van der Waals surface area contributed by atoms with E-state index in [1.807, 2.05) is 24.3 Å². The van der Waals surface area contributed by atoms with Crippen LogP contribution in [0.15, 0.2) is 53.4 Å². The first-order valence-electron chi connectivity index (χ1n) is 10.9. The van der Waals surface area contributed by atoms with Gasteiger partial charge in [0.2, 0.25) is 10.0 Å². The fourth-order valence-electron chi connectivity index (χ4n) is 4.34. The minimum atomic E-state index is -3.56. The molecule has 2 saturated carbocycles. The van der Waals surface area contributed by atoms with E-state index < -0.39 is 10.0 Å². The zero-order valence-electron chi connectivity index (χ0n) is 17.5. The Kier molecular flexibility index (Phi) is 6.25. The third-order valence-corrected chi connectivity index (χ3v) is 8.21. The van der Waals surface area contributed by atoms with Crippen LogP contribution in [0.5, 0.6) is 0 Å². The van der Waals surface area contributed by atoms with Gasteiger partial charge in [-0.25, -0.2) is 8.42 Å². The first-order chi connectivity index (χ1) is 14.5. The van der Waals surface area contributed by atoms with Crippen LogP contribution in [-0.2, 0) is 16.6 Å². The minimum absolute atomic E-state index is 0.0617. The fourth-order valence-corrected chi connectivity index (χ4v) is 6.02. The van der Waals surface area contributed by atoms with Crippen LogP contribution in [0.1, 0.15) is 72.3 Å². The van der Waals surface area contributed by atoms with E-state index in [0.717, 1.165) is 18.4 Å². The standard InChI is InChI=1S/C24H30N2O3S/c1-25-24(27)21-9-7-18(8-10-21)17-26(22-13-14-22)30(28,29)23-15-11-20(12-16-23)19-5-3-2-4-6-19/h7-12,15-16,19,22H,2-6,13-14,17H2,1H3,(H,25,27). The van der Waals surface area contributed by atoms with Gasteiger partial charge in [-0.2, -0.15) is 4.31 Å². The lowest BCUT2D eigenvalue weighted by Crippen LogP contribution is -2.32. The predicted octanol–water partition coefficient (Wildman–Crippen LogP) is 4.45. The van der Waals surface area contributed by atoms with Gasteiger partial charge in [-0.05, 0) is 67.0 Å². The van der Waals surface area contributed by atoms with Crippen molar-refractivity contribution in [2.45, 2.75) is 68.3 Å². The molecule has 2 aliphatic carbocycles. The lowest BCUT2D eigenvalue weighted by atomic mass is 9.84. The Balaban J connectivity index is 1.52. The van der Waals surface area contributed by atoms with Gasteiger partial charge in [0.15, 0.2) is 0 Å². The third kappa shape index (κ3) is 4.60. The van der Waals surface area contributed by atoms with Crippen LogP contribution in [0.25, 0.3) is 0 Å². The third-order valence-electron chi connectivity index (χ3n) is 6.30. The van der Waals surface area contributed by atoms with E-state index >= 15 is 0 Å². The number of rotatable bonds is 7. The van der Waals surface area contributed by atoms with E-state index in [1.165, 1.54) is 37.7 Å². The first kappa shape index (κ1) is 21.1. The van der Waals surface area contributed by atoms with E-state index in [0.29, 0.717) is 22.9 Å². The number of nitrogens with one attached hydrogen (secondary N) is 1. The Hall–Kier alpha value is -2.18. The maximum absolute atomic E-state index is 13.4. The Bertz CT molecular complexity index is 974. The highest BCUT2D eigenvalue weighted by molar-refractivity contribution is 7.89. The number of nitrogens with zero attached hydrogens (tertiary/aromatic N) is 1. The largest absolute Gasteiger partial charge is 0.355 e. The molecule has 1 amide bonds. The highest BCUT2D eigenvalue weighted by atomic mass is 32.2. The lowest BCUT2D eigenvalue weighted by Gasteiger charge is -2.24. The summed E-state index contributed by atoms with van der Waals surface area (Å²) in [5, 5.41) is 2.60. The molecule has 0 aliphatic heterocycles. The summed E-state index contributed by atoms with van der Waals surface area (Å²) in [6.07, 6.45) is 8.03. The second kappa shape index (κ2) is 8.90. The fraction of sp³-hybridized carbons (Fsp3) is 0.458. The second-order valence-corrected chi connectivity index (χ2v) is 10.4. The highest BCUT2D eigenvalue weighted by Gasteiger charge is 2.38. The SMILES string of the molecule is CNC(=O)c1ccc(CN(C2CC2)S(=O)(=O)c2ccc(C3CCCCC3)cc2)cc1. The molecular formula is C24H30N2O3S. The van der Waals surface area contributed by atoms with Crippen LogP contribution in [0, 0.1) is 0 Å². The maximum atomic E-state index is 13.4. The van der Waals surface area contributed by atoms with Crippen LogP contribution in [0.3, 0.4) is 0 Å². The average Bonchev–Trinajstić information content (AvgIpc) is 3.63. The van der Waals surface area contributed by atoms with E-state index in [9.17, 15) is 13.2 Å². The second-order valence-electron chi connectivity index (χ2n) is 8.46. The molecule has 2 aromatic rings. The molecule has 160 valence electrons. The summed E-state index contributed by atoms with van der Waals surface area (Å²) >= 11 is 0. The lowest BCUT2D eigenvalue weighted by molar-refractivity contribution is 0.0963. The summed E-state index contributed by atoms with van der Waals surface area (Å²) < 4.78 is 28.4. The molecule has 4 rings (SSSR count). The molecule has 2 aliphatic rings. The van der Waals surface area contributed by atoms with Crippen LogP contribution in [0.2, 0.25) is 0 Å². The van der Waals surface area contributed by atoms with Gasteiger partial charge in [0.25, 0.3) is 5.91 Å². The molecule has 0 heterocycles. The van der Waals surface area contributed by atoms with Gasteiger partial charge in [0.05, 0.1) is 4.90 Å². The molecule has 0 bridgehead atoms. The summed E-state index contributed by atoms with van der Waals surface area (Å²) in [7, 11) is -1.97. The summed E-state index contributed by atoms with van der Waals surface area (Å²) in [6, 6.07) is 14.8. The molecule has 0 atom stereocenters. The Morgan fingerprint density at radius 2 is 1.57 bits per heavy atom. The van der Waals surface area contributed by atoms with Crippen LogP contribution >= 0.6 is 0 Å². The van der Waals surface area contributed by atoms with Crippen LogP contribution in [-0.4, -0.2) is 31.7 Å². The van der Waals surface area contributed by atoms with Crippen molar-refractivity contribution in [3.63, 3.8) is 0 Å². The van der Waals surface area contributed by atoms with Gasteiger partial charge >= 0.3 is 0 Å². The van der Waals surface area contributed by atoms with Crippen molar-refractivity contribution in [1.29, 1.82) is 0 Å². The Labute approximate surface area is 179 Å². The van der Waals surface area contributed by atoms with Gasteiger partial charge in [-0.1, -0.05) is 43.5 Å². The van der Waals surface area contributed by atoms with Crippen LogP contribution in [0.4, 0.5) is 0 Å². The number of carbonyl (C=O) groups is 1. The van der Waals surface area contributed by atoms with Crippen molar-refractivity contribution in [3.8, 4) is 0 Å². The van der Waals surface area contributed by atoms with Crippen molar-refractivity contribution >= 4 is 15.9 Å². The maximum Gasteiger partial charge on any atom is 0.251 e. The van der Waals surface area contributed by atoms with Crippen LogP contribution < -0.4 is 5.32 Å². The van der Waals surface area contributed by atoms with Gasteiger partial charge < -0.3 is 5.32 Å².